The Morgan fingerprint density at radius 2 is 1.90 bits per heavy atom. The molecule has 0 spiro atoms. The van der Waals surface area contributed by atoms with E-state index in [0.29, 0.717) is 0 Å². The molecular formula is C9H8Br. The number of hydrogen-bond acceptors (Lipinski definition) is 0. The monoisotopic (exact) mass is 195 g/mol. The Morgan fingerprint density at radius 1 is 1.30 bits per heavy atom. The first-order chi connectivity index (χ1) is 4.84. The molecule has 0 unspecified atom stereocenters. The topological polar surface area (TPSA) is 0 Å². The second-order valence-electron chi connectivity index (χ2n) is 1.92. The summed E-state index contributed by atoms with van der Waals surface area (Å²) in [6.45, 7) is 3.65. The predicted molar refractivity (Wildman–Crippen MR) is 48.7 cm³/mol. The zero-order valence-corrected chi connectivity index (χ0v) is 7.14. The van der Waals surface area contributed by atoms with Crippen molar-refractivity contribution < 1.29 is 0 Å². The highest BCUT2D eigenvalue weighted by Gasteiger charge is 1.90. The average Bonchev–Trinajstić information content (AvgIpc) is 2.05. The van der Waals surface area contributed by atoms with Gasteiger partial charge in [0.25, 0.3) is 0 Å². The van der Waals surface area contributed by atoms with Gasteiger partial charge in [0.05, 0.1) is 0 Å². The number of benzene rings is 1. The van der Waals surface area contributed by atoms with E-state index in [2.05, 4.69) is 22.9 Å². The quantitative estimate of drug-likeness (QED) is 0.646. The van der Waals surface area contributed by atoms with Gasteiger partial charge in [-0.1, -0.05) is 52.3 Å². The molecule has 10 heavy (non-hydrogen) atoms. The third-order valence-corrected chi connectivity index (χ3v) is 2.01. The maximum absolute atomic E-state index is 3.65. The molecule has 0 aromatic heterocycles. The summed E-state index contributed by atoms with van der Waals surface area (Å²) in [6, 6.07) is 10.1. The molecule has 0 N–H and O–H groups in total. The predicted octanol–water partition coefficient (Wildman–Crippen LogP) is 3.26. The minimum atomic E-state index is 1.04. The van der Waals surface area contributed by atoms with E-state index in [-0.39, 0.29) is 0 Å². The Hall–Kier alpha value is -0.560. The molecule has 0 atom stereocenters. The highest BCUT2D eigenvalue weighted by Crippen LogP contribution is 2.19. The Kier molecular flexibility index (Phi) is 2.69. The van der Waals surface area contributed by atoms with Crippen molar-refractivity contribution in [3.05, 3.63) is 48.9 Å². The molecule has 1 heteroatoms. The van der Waals surface area contributed by atoms with E-state index in [1.165, 1.54) is 0 Å². The number of halogens is 1. The van der Waals surface area contributed by atoms with Crippen LogP contribution < -0.4 is 0 Å². The highest BCUT2D eigenvalue weighted by atomic mass is 79.9. The van der Waals surface area contributed by atoms with Gasteiger partial charge in [0.2, 0.25) is 0 Å². The first-order valence-corrected chi connectivity index (χ1v) is 3.84. The number of allylic oxidation sites excluding steroid dienone is 1. The van der Waals surface area contributed by atoms with E-state index in [1.54, 1.807) is 6.08 Å². The minimum Gasteiger partial charge on any atom is -0.0693 e. The first-order valence-electron chi connectivity index (χ1n) is 3.05. The van der Waals surface area contributed by atoms with Crippen LogP contribution in [0.4, 0.5) is 0 Å². The minimum absolute atomic E-state index is 1.04. The van der Waals surface area contributed by atoms with Crippen LogP contribution in [-0.2, 0) is 0 Å². The number of hydrogen-bond donors (Lipinski definition) is 0. The summed E-state index contributed by atoms with van der Waals surface area (Å²) < 4.78 is 1.04. The van der Waals surface area contributed by atoms with E-state index in [1.807, 2.05) is 30.3 Å². The third kappa shape index (κ3) is 1.71. The van der Waals surface area contributed by atoms with E-state index in [9.17, 15) is 0 Å². The fourth-order valence-electron chi connectivity index (χ4n) is 0.715. The SMILES string of the molecule is [CH2]/C=C(/Br)c1ccccc1. The molecule has 1 aromatic rings. The molecule has 0 bridgehead atoms. The zero-order valence-electron chi connectivity index (χ0n) is 5.55. The van der Waals surface area contributed by atoms with Crippen LogP contribution in [0.3, 0.4) is 0 Å². The highest BCUT2D eigenvalue weighted by molar-refractivity contribution is 9.15. The van der Waals surface area contributed by atoms with Crippen LogP contribution in [0.15, 0.2) is 36.4 Å². The van der Waals surface area contributed by atoms with E-state index >= 15 is 0 Å². The Balaban J connectivity index is 2.96. The third-order valence-electron chi connectivity index (χ3n) is 1.23. The summed E-state index contributed by atoms with van der Waals surface area (Å²) in [5, 5.41) is 0. The lowest BCUT2D eigenvalue weighted by atomic mass is 10.2. The molecule has 51 valence electrons. The van der Waals surface area contributed by atoms with Crippen LogP contribution in [0.1, 0.15) is 5.56 Å². The smallest absolute Gasteiger partial charge is 0.0207 e. The molecule has 1 rings (SSSR count). The van der Waals surface area contributed by atoms with Crippen molar-refractivity contribution in [3.8, 4) is 0 Å². The van der Waals surface area contributed by atoms with Gasteiger partial charge in [0.15, 0.2) is 0 Å². The summed E-state index contributed by atoms with van der Waals surface area (Å²) in [5.74, 6) is 0. The van der Waals surface area contributed by atoms with Crippen molar-refractivity contribution >= 4 is 20.4 Å². The van der Waals surface area contributed by atoms with Gasteiger partial charge in [-0.05, 0) is 12.5 Å². The van der Waals surface area contributed by atoms with Crippen molar-refractivity contribution in [2.45, 2.75) is 0 Å². The summed E-state index contributed by atoms with van der Waals surface area (Å²) in [7, 11) is 0. The molecule has 1 radical (unpaired) electrons. The molecule has 0 amide bonds. The van der Waals surface area contributed by atoms with Crippen molar-refractivity contribution in [2.75, 3.05) is 0 Å². The van der Waals surface area contributed by atoms with Crippen LogP contribution in [-0.4, -0.2) is 0 Å². The van der Waals surface area contributed by atoms with Gasteiger partial charge >= 0.3 is 0 Å². The van der Waals surface area contributed by atoms with Gasteiger partial charge in [-0.2, -0.15) is 0 Å². The molecule has 0 fully saturated rings. The zero-order chi connectivity index (χ0) is 7.40. The molecule has 1 aromatic carbocycles. The fraction of sp³-hybridized carbons (Fsp3) is 0. The van der Waals surface area contributed by atoms with Crippen LogP contribution >= 0.6 is 15.9 Å². The second-order valence-corrected chi connectivity index (χ2v) is 2.77. The van der Waals surface area contributed by atoms with Gasteiger partial charge in [-0.25, -0.2) is 0 Å². The summed E-state index contributed by atoms with van der Waals surface area (Å²) >= 11 is 3.38. The standard InChI is InChI=1S/C9H8Br/c1-2-9(10)8-6-4-3-5-7-8/h2-7H,1H2/b9-2+. The Bertz CT molecular complexity index is 224. The largest absolute Gasteiger partial charge is 0.0693 e. The van der Waals surface area contributed by atoms with Crippen LogP contribution in [0.5, 0.6) is 0 Å². The maximum Gasteiger partial charge on any atom is 0.0207 e. The summed E-state index contributed by atoms with van der Waals surface area (Å²) in [4.78, 5) is 0. The Labute approximate surface area is 69.7 Å². The lowest BCUT2D eigenvalue weighted by molar-refractivity contribution is 1.65. The molecule has 0 aliphatic heterocycles. The maximum atomic E-state index is 3.65. The van der Waals surface area contributed by atoms with Gasteiger partial charge in [-0.15, -0.1) is 0 Å². The van der Waals surface area contributed by atoms with Crippen molar-refractivity contribution in [1.82, 2.24) is 0 Å². The van der Waals surface area contributed by atoms with E-state index in [4.69, 9.17) is 0 Å². The molecule has 0 saturated carbocycles. The van der Waals surface area contributed by atoms with Crippen molar-refractivity contribution in [1.29, 1.82) is 0 Å². The molecule has 0 heterocycles. The van der Waals surface area contributed by atoms with Crippen LogP contribution in [0.2, 0.25) is 0 Å². The van der Waals surface area contributed by atoms with Crippen LogP contribution in [0.25, 0.3) is 4.48 Å². The first kappa shape index (κ1) is 7.55. The van der Waals surface area contributed by atoms with Gasteiger partial charge in [0.1, 0.15) is 0 Å². The van der Waals surface area contributed by atoms with Gasteiger partial charge in [-0.3, -0.25) is 0 Å². The number of rotatable bonds is 1. The fourth-order valence-corrected chi connectivity index (χ4v) is 0.980. The van der Waals surface area contributed by atoms with E-state index < -0.39 is 0 Å². The normalized spacial score (nSPS) is 11.6. The summed E-state index contributed by atoms with van der Waals surface area (Å²) in [6.07, 6.45) is 1.79. The summed E-state index contributed by atoms with van der Waals surface area (Å²) in [5.41, 5.74) is 1.16. The molecular weight excluding hydrogens is 188 g/mol. The molecule has 0 nitrogen and oxygen atoms in total. The van der Waals surface area contributed by atoms with E-state index in [0.717, 1.165) is 10.0 Å². The molecule has 0 aliphatic carbocycles. The second kappa shape index (κ2) is 3.57. The van der Waals surface area contributed by atoms with Crippen molar-refractivity contribution in [3.63, 3.8) is 0 Å². The average molecular weight is 196 g/mol. The lowest BCUT2D eigenvalue weighted by Crippen LogP contribution is -1.71. The molecule has 0 aliphatic rings. The van der Waals surface area contributed by atoms with Crippen LogP contribution in [0, 0.1) is 6.92 Å². The Morgan fingerprint density at radius 3 is 2.40 bits per heavy atom. The van der Waals surface area contributed by atoms with Crippen molar-refractivity contribution in [2.24, 2.45) is 0 Å². The molecule has 0 saturated heterocycles. The van der Waals surface area contributed by atoms with Gasteiger partial charge < -0.3 is 0 Å². The van der Waals surface area contributed by atoms with Gasteiger partial charge in [0, 0.05) is 4.48 Å². The lowest BCUT2D eigenvalue weighted by Gasteiger charge is -1.95.